The van der Waals surface area contributed by atoms with Gasteiger partial charge < -0.3 is 15.8 Å². The Labute approximate surface area is 204 Å². The molecule has 3 rings (SSSR count). The first-order valence-electron chi connectivity index (χ1n) is 10.1. The number of nitrogens with zero attached hydrogens (tertiary/aromatic N) is 2. The number of carbonyl (C=O) groups is 1. The first kappa shape index (κ1) is 28.7. The van der Waals surface area contributed by atoms with Gasteiger partial charge in [-0.05, 0) is 45.1 Å². The molecule has 1 fully saturated rings. The Bertz CT molecular complexity index is 1040. The summed E-state index contributed by atoms with van der Waals surface area (Å²) in [6.45, 7) is 3.49. The maximum absolute atomic E-state index is 13.0. The normalized spacial score (nSPS) is 11.9. The molecular weight excluding hydrogens is 464 g/mol. The minimum Gasteiger partial charge on any atom is -0.494 e. The highest BCUT2D eigenvalue weighted by Gasteiger charge is 2.23. The standard InChI is InChI=1S/C16H15F2N5O2.C4H7NS.C2H7N.H2/c1-3-11(19)12-4-8(10(6-21-12)16(24)23-20)9-5-13(15(17)18)22-7-14(9)25-2;5-4(6)3-1-2-3;1-3-2;/h3-7,15,19H,1,20H2,2H3,(H,23,24);3H,1-2H2,(H2,5,6);3H,1-2H3;1H. The number of hydrogen-bond donors (Lipinski definition) is 5. The van der Waals surface area contributed by atoms with Crippen molar-refractivity contribution in [3.8, 4) is 16.9 Å². The average Bonchev–Trinajstić information content (AvgIpc) is 3.69. The van der Waals surface area contributed by atoms with Crippen molar-refractivity contribution >= 4 is 28.8 Å². The Kier molecular flexibility index (Phi) is 11.8. The number of nitrogens with one attached hydrogen (secondary N) is 3. The lowest BCUT2D eigenvalue weighted by Crippen LogP contribution is -2.30. The number of amides is 1. The number of thiocarbonyl (C=S) groups is 1. The monoisotopic (exact) mass is 495 g/mol. The fraction of sp³-hybridized carbons (Fsp3) is 0.318. The van der Waals surface area contributed by atoms with E-state index in [4.69, 9.17) is 21.7 Å². The molecule has 1 saturated carbocycles. The number of allylic oxidation sites excluding steroid dienone is 1. The third-order valence-electron chi connectivity index (χ3n) is 4.36. The molecule has 1 aliphatic rings. The average molecular weight is 496 g/mol. The number of nitrogens with two attached hydrogens (primary N) is 2. The molecule has 9 nitrogen and oxygen atoms in total. The lowest BCUT2D eigenvalue weighted by molar-refractivity contribution is 0.0954. The molecule has 0 atom stereocenters. The quantitative estimate of drug-likeness (QED) is 0.129. The molecule has 1 aliphatic carbocycles. The molecule has 2 aromatic rings. The number of pyridine rings is 2. The number of halogens is 2. The van der Waals surface area contributed by atoms with Gasteiger partial charge in [-0.3, -0.25) is 25.6 Å². The van der Waals surface area contributed by atoms with E-state index < -0.39 is 18.0 Å². The second-order valence-electron chi connectivity index (χ2n) is 6.99. The maximum atomic E-state index is 13.0. The first-order chi connectivity index (χ1) is 16.1. The molecule has 34 heavy (non-hydrogen) atoms. The van der Waals surface area contributed by atoms with Crippen LogP contribution in [0.4, 0.5) is 8.78 Å². The number of rotatable bonds is 7. The molecule has 0 spiro atoms. The van der Waals surface area contributed by atoms with Crippen molar-refractivity contribution in [3.63, 3.8) is 0 Å². The van der Waals surface area contributed by atoms with Crippen LogP contribution in [0.15, 0.2) is 37.2 Å². The number of hydrazine groups is 1. The number of hydrogen-bond acceptors (Lipinski definition) is 8. The Balaban J connectivity index is 0.000000976. The summed E-state index contributed by atoms with van der Waals surface area (Å²) < 4.78 is 31.2. The summed E-state index contributed by atoms with van der Waals surface area (Å²) in [5.74, 6) is 5.29. The molecule has 7 N–H and O–H groups in total. The summed E-state index contributed by atoms with van der Waals surface area (Å²) in [4.78, 5) is 20.4. The van der Waals surface area contributed by atoms with Gasteiger partial charge in [0.25, 0.3) is 12.3 Å². The van der Waals surface area contributed by atoms with Gasteiger partial charge in [-0.2, -0.15) is 0 Å². The van der Waals surface area contributed by atoms with Crippen molar-refractivity contribution in [2.75, 3.05) is 21.2 Å². The topological polar surface area (TPSA) is 152 Å². The Morgan fingerprint density at radius 2 is 1.94 bits per heavy atom. The van der Waals surface area contributed by atoms with Crippen LogP contribution in [0.1, 0.15) is 42.4 Å². The van der Waals surface area contributed by atoms with Gasteiger partial charge in [-0.1, -0.05) is 18.8 Å². The molecule has 2 aromatic heterocycles. The molecular formula is C22H31F2N7O2S. The number of aromatic nitrogens is 2. The Hall–Kier alpha value is -3.35. The van der Waals surface area contributed by atoms with E-state index in [1.165, 1.54) is 38.3 Å². The predicted molar refractivity (Wildman–Crippen MR) is 134 cm³/mol. The van der Waals surface area contributed by atoms with Gasteiger partial charge in [0.1, 0.15) is 11.4 Å². The molecule has 2 heterocycles. The van der Waals surface area contributed by atoms with Crippen LogP contribution < -0.4 is 27.1 Å². The van der Waals surface area contributed by atoms with Crippen LogP contribution >= 0.6 is 12.2 Å². The van der Waals surface area contributed by atoms with Crippen molar-refractivity contribution in [1.29, 1.82) is 5.41 Å². The molecule has 1 amide bonds. The second-order valence-corrected chi connectivity index (χ2v) is 7.46. The predicted octanol–water partition coefficient (Wildman–Crippen LogP) is 3.01. The van der Waals surface area contributed by atoms with Crippen LogP contribution in [-0.2, 0) is 0 Å². The minimum absolute atomic E-state index is 0. The number of ether oxygens (including phenoxy) is 1. The zero-order valence-corrected chi connectivity index (χ0v) is 20.0. The highest BCUT2D eigenvalue weighted by Crippen LogP contribution is 2.34. The van der Waals surface area contributed by atoms with Crippen molar-refractivity contribution in [2.24, 2.45) is 17.5 Å². The van der Waals surface area contributed by atoms with Gasteiger partial charge in [-0.25, -0.2) is 14.6 Å². The largest absolute Gasteiger partial charge is 0.494 e. The highest BCUT2D eigenvalue weighted by molar-refractivity contribution is 7.80. The summed E-state index contributed by atoms with van der Waals surface area (Å²) >= 11 is 4.66. The van der Waals surface area contributed by atoms with E-state index >= 15 is 0 Å². The van der Waals surface area contributed by atoms with E-state index in [0.29, 0.717) is 10.9 Å². The number of nitrogen functional groups attached to an aromatic ring is 1. The van der Waals surface area contributed by atoms with Gasteiger partial charge in [0.15, 0.2) is 0 Å². The molecule has 0 bridgehead atoms. The van der Waals surface area contributed by atoms with E-state index in [1.54, 1.807) is 0 Å². The van der Waals surface area contributed by atoms with Crippen LogP contribution in [0.25, 0.3) is 11.1 Å². The molecule has 0 saturated heterocycles. The molecule has 0 radical (unpaired) electrons. The molecule has 12 heteroatoms. The van der Waals surface area contributed by atoms with Crippen molar-refractivity contribution in [1.82, 2.24) is 20.7 Å². The van der Waals surface area contributed by atoms with Gasteiger partial charge >= 0.3 is 0 Å². The molecule has 0 aliphatic heterocycles. The van der Waals surface area contributed by atoms with E-state index in [1.807, 2.05) is 19.5 Å². The van der Waals surface area contributed by atoms with Gasteiger partial charge in [0.2, 0.25) is 0 Å². The van der Waals surface area contributed by atoms with Crippen LogP contribution in [0.3, 0.4) is 0 Å². The SMILES string of the molecule is C=CC(=N)c1cc(-c2cc(C(F)F)ncc2OC)c(C(=O)NN)cn1.CNC.NC(=S)C1CC1.[HH]. The smallest absolute Gasteiger partial charge is 0.280 e. The number of methoxy groups -OCH3 is 1. The van der Waals surface area contributed by atoms with Crippen LogP contribution in [0.2, 0.25) is 0 Å². The number of alkyl halides is 2. The maximum Gasteiger partial charge on any atom is 0.280 e. The fourth-order valence-electron chi connectivity index (χ4n) is 2.51. The fourth-order valence-corrected chi connectivity index (χ4v) is 2.74. The van der Waals surface area contributed by atoms with Crippen molar-refractivity contribution in [3.05, 3.63) is 54.1 Å². The van der Waals surface area contributed by atoms with Crippen molar-refractivity contribution < 1.29 is 19.7 Å². The molecule has 0 unspecified atom stereocenters. The van der Waals surface area contributed by atoms with E-state index in [0.717, 1.165) is 12.3 Å². The van der Waals surface area contributed by atoms with Crippen LogP contribution in [0, 0.1) is 11.3 Å². The van der Waals surface area contributed by atoms with Crippen LogP contribution in [0.5, 0.6) is 5.75 Å². The second kappa shape index (κ2) is 14.0. The summed E-state index contributed by atoms with van der Waals surface area (Å²) in [5, 5.41) is 10.5. The van der Waals surface area contributed by atoms with Gasteiger partial charge in [0.05, 0.1) is 35.3 Å². The lowest BCUT2D eigenvalue weighted by Gasteiger charge is -2.14. The Morgan fingerprint density at radius 1 is 1.32 bits per heavy atom. The van der Waals surface area contributed by atoms with Crippen molar-refractivity contribution in [2.45, 2.75) is 19.3 Å². The zero-order chi connectivity index (χ0) is 25.8. The minimum atomic E-state index is -2.80. The van der Waals surface area contributed by atoms with Crippen LogP contribution in [-0.4, -0.2) is 47.8 Å². The lowest BCUT2D eigenvalue weighted by atomic mass is 9.98. The molecule has 186 valence electrons. The van der Waals surface area contributed by atoms with Gasteiger partial charge in [0, 0.05) is 24.7 Å². The highest BCUT2D eigenvalue weighted by atomic mass is 32.1. The summed E-state index contributed by atoms with van der Waals surface area (Å²) in [6, 6.07) is 2.52. The summed E-state index contributed by atoms with van der Waals surface area (Å²) in [7, 11) is 5.10. The summed E-state index contributed by atoms with van der Waals surface area (Å²) in [6.07, 6.45) is 3.27. The number of carbonyl (C=O) groups excluding carboxylic acids is 1. The Morgan fingerprint density at radius 3 is 2.35 bits per heavy atom. The summed E-state index contributed by atoms with van der Waals surface area (Å²) in [5.41, 5.74) is 7.39. The van der Waals surface area contributed by atoms with E-state index in [-0.39, 0.29) is 35.3 Å². The third-order valence-corrected chi connectivity index (χ3v) is 4.70. The molecule has 0 aromatic carbocycles. The first-order valence-corrected chi connectivity index (χ1v) is 10.5. The van der Waals surface area contributed by atoms with E-state index in [2.05, 4.69) is 34.1 Å². The van der Waals surface area contributed by atoms with Gasteiger partial charge in [-0.15, -0.1) is 0 Å². The zero-order valence-electron chi connectivity index (χ0n) is 19.2. The van der Waals surface area contributed by atoms with E-state index in [9.17, 15) is 13.6 Å². The third kappa shape index (κ3) is 8.21.